The summed E-state index contributed by atoms with van der Waals surface area (Å²) in [6, 6.07) is 6.86. The first-order chi connectivity index (χ1) is 12.8. The fourth-order valence-corrected chi connectivity index (χ4v) is 2.89. The summed E-state index contributed by atoms with van der Waals surface area (Å²) >= 11 is 0. The van der Waals surface area contributed by atoms with Crippen molar-refractivity contribution in [3.63, 3.8) is 0 Å². The van der Waals surface area contributed by atoms with Gasteiger partial charge in [0.2, 0.25) is 0 Å². The lowest BCUT2D eigenvalue weighted by molar-refractivity contribution is -0.274. The summed E-state index contributed by atoms with van der Waals surface area (Å²) in [4.78, 5) is -0.411. The van der Waals surface area contributed by atoms with Gasteiger partial charge in [-0.15, -0.1) is 13.2 Å². The number of alkyl halides is 7. The topological polar surface area (TPSA) is 64.6 Å². The van der Waals surface area contributed by atoms with Crippen molar-refractivity contribution in [1.29, 1.82) is 0 Å². The molecule has 0 aliphatic heterocycles. The lowest BCUT2D eigenvalue weighted by atomic mass is 10.3. The molecule has 0 spiro atoms. The van der Waals surface area contributed by atoms with Crippen LogP contribution in [-0.4, -0.2) is 27.3 Å². The van der Waals surface area contributed by atoms with Crippen molar-refractivity contribution in [3.05, 3.63) is 48.5 Å². The molecule has 0 saturated heterocycles. The summed E-state index contributed by atoms with van der Waals surface area (Å²) in [5.74, 6) is -1.27. The molecule has 0 unspecified atom stereocenters. The van der Waals surface area contributed by atoms with Crippen molar-refractivity contribution in [1.82, 2.24) is 0 Å². The van der Waals surface area contributed by atoms with Crippen LogP contribution in [0.2, 0.25) is 0 Å². The number of benzene rings is 2. The van der Waals surface area contributed by atoms with Gasteiger partial charge in [0, 0.05) is 5.69 Å². The number of hydrogen-bond acceptors (Lipinski definition) is 4. The lowest BCUT2D eigenvalue weighted by Crippen LogP contribution is -2.33. The predicted octanol–water partition coefficient (Wildman–Crippen LogP) is 4.62. The molecule has 2 aromatic rings. The molecule has 0 aliphatic carbocycles. The Bertz CT molecular complexity index is 897. The zero-order chi connectivity index (χ0) is 21.2. The van der Waals surface area contributed by atoms with Crippen LogP contribution in [0.25, 0.3) is 0 Å². The number of halogens is 7. The third kappa shape index (κ3) is 5.90. The van der Waals surface area contributed by atoms with E-state index in [0.717, 1.165) is 48.5 Å². The van der Waals surface area contributed by atoms with Crippen LogP contribution in [-0.2, 0) is 10.0 Å². The second-order valence-electron chi connectivity index (χ2n) is 5.11. The molecular weight excluding hydrogens is 423 g/mol. The number of hydrogen-bond donors (Lipinski definition) is 1. The van der Waals surface area contributed by atoms with E-state index in [-0.39, 0.29) is 5.69 Å². The molecule has 0 radical (unpaired) electrons. The van der Waals surface area contributed by atoms with Crippen molar-refractivity contribution in [2.75, 3.05) is 4.72 Å². The summed E-state index contributed by atoms with van der Waals surface area (Å²) in [7, 11) is -4.23. The Balaban J connectivity index is 2.10. The van der Waals surface area contributed by atoms with Gasteiger partial charge in [0.1, 0.15) is 11.5 Å². The van der Waals surface area contributed by atoms with Gasteiger partial charge >= 0.3 is 18.9 Å². The number of rotatable bonds is 7. The first-order valence-electron chi connectivity index (χ1n) is 7.12. The molecule has 5 nitrogen and oxygen atoms in total. The van der Waals surface area contributed by atoms with Crippen LogP contribution < -0.4 is 14.2 Å². The molecule has 1 N–H and O–H groups in total. The minimum absolute atomic E-state index is 0.136. The molecule has 0 aliphatic rings. The number of anilines is 1. The van der Waals surface area contributed by atoms with Gasteiger partial charge in [-0.05, 0) is 48.5 Å². The van der Waals surface area contributed by atoms with E-state index in [2.05, 4.69) is 9.47 Å². The smallest absolute Gasteiger partial charge is 0.428 e. The van der Waals surface area contributed by atoms with E-state index in [9.17, 15) is 39.2 Å². The molecule has 28 heavy (non-hydrogen) atoms. The Morgan fingerprint density at radius 2 is 1.25 bits per heavy atom. The molecule has 13 heteroatoms. The van der Waals surface area contributed by atoms with Crippen molar-refractivity contribution in [2.24, 2.45) is 0 Å². The van der Waals surface area contributed by atoms with Crippen LogP contribution >= 0.6 is 0 Å². The van der Waals surface area contributed by atoms with Gasteiger partial charge in [-0.2, -0.15) is 17.6 Å². The van der Waals surface area contributed by atoms with E-state index in [1.807, 2.05) is 4.72 Å². The molecule has 0 heterocycles. The van der Waals surface area contributed by atoms with E-state index in [1.54, 1.807) is 0 Å². The first kappa shape index (κ1) is 21.6. The van der Waals surface area contributed by atoms with Crippen LogP contribution in [0.5, 0.6) is 11.5 Å². The Kier molecular flexibility index (Phi) is 5.97. The van der Waals surface area contributed by atoms with Crippen LogP contribution in [0.4, 0.5) is 36.4 Å². The van der Waals surface area contributed by atoms with Gasteiger partial charge in [-0.1, -0.05) is 0 Å². The fraction of sp³-hybridized carbons (Fsp3) is 0.200. The van der Waals surface area contributed by atoms with Crippen molar-refractivity contribution < 1.29 is 48.6 Å². The zero-order valence-electron chi connectivity index (χ0n) is 13.4. The fourth-order valence-electron chi connectivity index (χ4n) is 1.83. The number of sulfonamides is 1. The molecule has 0 bridgehead atoms. The van der Waals surface area contributed by atoms with Crippen molar-refractivity contribution in [2.45, 2.75) is 23.8 Å². The predicted molar refractivity (Wildman–Crippen MR) is 82.0 cm³/mol. The standard InChI is InChI=1S/C15H10F7NO4S/c16-13(17)14(18,19)26-10-3-1-9(2-4-10)23-28(24,25)12-7-5-11(6-8-12)27-15(20,21)22/h1-8,13,23H. The van der Waals surface area contributed by atoms with Gasteiger partial charge < -0.3 is 9.47 Å². The minimum atomic E-state index is -4.94. The van der Waals surface area contributed by atoms with Crippen LogP contribution in [0.3, 0.4) is 0 Å². The summed E-state index contributed by atoms with van der Waals surface area (Å²) in [6.45, 7) is 0. The molecule has 2 aromatic carbocycles. The Morgan fingerprint density at radius 1 is 0.786 bits per heavy atom. The molecule has 154 valence electrons. The highest BCUT2D eigenvalue weighted by Crippen LogP contribution is 2.29. The van der Waals surface area contributed by atoms with Crippen LogP contribution in [0, 0.1) is 0 Å². The molecule has 0 amide bonds. The van der Waals surface area contributed by atoms with Gasteiger partial charge in [-0.25, -0.2) is 8.42 Å². The molecule has 0 aromatic heterocycles. The minimum Gasteiger partial charge on any atom is -0.428 e. The van der Waals surface area contributed by atoms with Gasteiger partial charge in [0.25, 0.3) is 10.0 Å². The molecular formula is C15H10F7NO4S. The SMILES string of the molecule is O=S(=O)(Nc1ccc(OC(F)(F)C(F)F)cc1)c1ccc(OC(F)(F)F)cc1. The lowest BCUT2D eigenvalue weighted by Gasteiger charge is -2.17. The average molecular weight is 433 g/mol. The van der Waals surface area contributed by atoms with Gasteiger partial charge in [0.15, 0.2) is 0 Å². The monoisotopic (exact) mass is 433 g/mol. The molecule has 0 saturated carbocycles. The maximum absolute atomic E-state index is 12.8. The number of nitrogens with one attached hydrogen (secondary N) is 1. The maximum atomic E-state index is 12.8. The maximum Gasteiger partial charge on any atom is 0.573 e. The highest BCUT2D eigenvalue weighted by Gasteiger charge is 2.43. The third-order valence-electron chi connectivity index (χ3n) is 2.98. The summed E-state index contributed by atoms with van der Waals surface area (Å²) < 4.78 is 120. The normalized spacial score (nSPS) is 12.7. The molecule has 0 atom stereocenters. The summed E-state index contributed by atoms with van der Waals surface area (Å²) in [5, 5.41) is 0. The van der Waals surface area contributed by atoms with E-state index in [0.29, 0.717) is 0 Å². The van der Waals surface area contributed by atoms with Crippen molar-refractivity contribution in [3.8, 4) is 11.5 Å². The largest absolute Gasteiger partial charge is 0.573 e. The quantitative estimate of drug-likeness (QED) is 0.648. The van der Waals surface area contributed by atoms with Gasteiger partial charge in [0.05, 0.1) is 4.90 Å². The van der Waals surface area contributed by atoms with E-state index in [1.165, 1.54) is 0 Å². The van der Waals surface area contributed by atoms with E-state index < -0.39 is 45.3 Å². The summed E-state index contributed by atoms with van der Waals surface area (Å²) in [6.07, 6.45) is -13.7. The van der Waals surface area contributed by atoms with E-state index >= 15 is 0 Å². The van der Waals surface area contributed by atoms with E-state index in [4.69, 9.17) is 0 Å². The van der Waals surface area contributed by atoms with Crippen molar-refractivity contribution >= 4 is 15.7 Å². The van der Waals surface area contributed by atoms with Crippen LogP contribution in [0.15, 0.2) is 53.4 Å². The highest BCUT2D eigenvalue weighted by atomic mass is 32.2. The van der Waals surface area contributed by atoms with Gasteiger partial charge in [-0.3, -0.25) is 4.72 Å². The Hall–Kier alpha value is -2.70. The zero-order valence-corrected chi connectivity index (χ0v) is 14.2. The Morgan fingerprint density at radius 3 is 1.71 bits per heavy atom. The second kappa shape index (κ2) is 7.73. The average Bonchev–Trinajstić information content (AvgIpc) is 2.55. The molecule has 0 fully saturated rings. The second-order valence-corrected chi connectivity index (χ2v) is 6.80. The number of ether oxygens (including phenoxy) is 2. The first-order valence-corrected chi connectivity index (χ1v) is 8.60. The Labute approximate surface area is 153 Å². The highest BCUT2D eigenvalue weighted by molar-refractivity contribution is 7.92. The van der Waals surface area contributed by atoms with Crippen LogP contribution in [0.1, 0.15) is 0 Å². The molecule has 2 rings (SSSR count). The summed E-state index contributed by atoms with van der Waals surface area (Å²) in [5.41, 5.74) is -0.136. The third-order valence-corrected chi connectivity index (χ3v) is 4.38.